The standard InChI is InChI=1S/C32H30O14/c1-41-21-11-16(6-9-18(21)34)20-12-19(35)26-22(44-20)13-23(31(42-2)28(26)38)45-32-30(40)29(39)27(37)24(46-32)14-43-25(36)10-5-15-3-7-17(33)8-4-15/h3-13,24,27,29-30,32-34,37-40H,14H2,1-2H3. The van der Waals surface area contributed by atoms with Gasteiger partial charge in [-0.2, -0.15) is 0 Å². The van der Waals surface area contributed by atoms with Crippen molar-refractivity contribution in [3.05, 3.63) is 76.5 Å². The second kappa shape index (κ2) is 13.4. The highest BCUT2D eigenvalue weighted by Gasteiger charge is 2.46. The minimum absolute atomic E-state index is 0.0557. The number of hydrogen-bond donors (Lipinski definition) is 6. The Balaban J connectivity index is 1.39. The fraction of sp³-hybridized carbons (Fsp3) is 0.250. The lowest BCUT2D eigenvalue weighted by Crippen LogP contribution is -2.60. The fourth-order valence-electron chi connectivity index (χ4n) is 4.76. The molecule has 2 heterocycles. The smallest absolute Gasteiger partial charge is 0.330 e. The molecule has 1 fully saturated rings. The number of methoxy groups -OCH3 is 2. The molecule has 14 heteroatoms. The molecule has 46 heavy (non-hydrogen) atoms. The summed E-state index contributed by atoms with van der Waals surface area (Å²) in [6, 6.07) is 12.6. The number of hydrogen-bond acceptors (Lipinski definition) is 14. The molecule has 0 spiro atoms. The molecule has 4 aromatic rings. The van der Waals surface area contributed by atoms with E-state index in [-0.39, 0.29) is 45.5 Å². The van der Waals surface area contributed by atoms with E-state index < -0.39 is 54.5 Å². The molecule has 242 valence electrons. The Hall–Kier alpha value is -5.28. The molecule has 5 unspecified atom stereocenters. The monoisotopic (exact) mass is 638 g/mol. The van der Waals surface area contributed by atoms with Gasteiger partial charge in [0.05, 0.1) is 14.2 Å². The van der Waals surface area contributed by atoms with Gasteiger partial charge in [-0.1, -0.05) is 12.1 Å². The van der Waals surface area contributed by atoms with E-state index in [2.05, 4.69) is 0 Å². The molecule has 5 atom stereocenters. The number of phenolic OH excluding ortho intramolecular Hbond substituents is 3. The van der Waals surface area contributed by atoms with Crippen molar-refractivity contribution >= 4 is 23.0 Å². The highest BCUT2D eigenvalue weighted by Crippen LogP contribution is 2.43. The fourth-order valence-corrected chi connectivity index (χ4v) is 4.76. The number of benzene rings is 3. The van der Waals surface area contributed by atoms with Crippen LogP contribution in [0.4, 0.5) is 0 Å². The Morgan fingerprint density at radius 1 is 0.891 bits per heavy atom. The van der Waals surface area contributed by atoms with Crippen LogP contribution < -0.4 is 19.6 Å². The van der Waals surface area contributed by atoms with Gasteiger partial charge in [0.2, 0.25) is 12.0 Å². The summed E-state index contributed by atoms with van der Waals surface area (Å²) in [4.78, 5) is 25.3. The van der Waals surface area contributed by atoms with Crippen LogP contribution in [-0.4, -0.2) is 88.1 Å². The average molecular weight is 639 g/mol. The maximum absolute atomic E-state index is 13.0. The van der Waals surface area contributed by atoms with Crippen molar-refractivity contribution in [2.75, 3.05) is 20.8 Å². The van der Waals surface area contributed by atoms with E-state index >= 15 is 0 Å². The van der Waals surface area contributed by atoms with Crippen molar-refractivity contribution < 1.29 is 63.5 Å². The van der Waals surface area contributed by atoms with Crippen LogP contribution in [0.5, 0.6) is 34.5 Å². The summed E-state index contributed by atoms with van der Waals surface area (Å²) >= 11 is 0. The minimum Gasteiger partial charge on any atom is -0.508 e. The molecule has 0 aliphatic carbocycles. The van der Waals surface area contributed by atoms with Crippen LogP contribution >= 0.6 is 0 Å². The van der Waals surface area contributed by atoms with E-state index in [1.54, 1.807) is 12.1 Å². The summed E-state index contributed by atoms with van der Waals surface area (Å²) in [6.07, 6.45) is -5.80. The Kier molecular flexibility index (Phi) is 9.34. The number of carbonyl (C=O) groups is 1. The number of ether oxygens (including phenoxy) is 5. The first kappa shape index (κ1) is 32.1. The maximum atomic E-state index is 13.0. The van der Waals surface area contributed by atoms with Gasteiger partial charge < -0.3 is 58.7 Å². The van der Waals surface area contributed by atoms with Crippen molar-refractivity contribution in [2.24, 2.45) is 0 Å². The Labute approximate surface area is 260 Å². The Bertz CT molecular complexity index is 1810. The SMILES string of the molecule is COc1cc(-c2cc(=O)c3c(O)c(OC)c(OC4OC(COC(=O)C=Cc5ccc(O)cc5)C(O)C(O)C4O)cc3o2)ccc1O. The third kappa shape index (κ3) is 6.55. The first-order valence-corrected chi connectivity index (χ1v) is 13.8. The zero-order valence-corrected chi connectivity index (χ0v) is 24.4. The lowest BCUT2D eigenvalue weighted by Gasteiger charge is -2.40. The van der Waals surface area contributed by atoms with E-state index in [1.165, 1.54) is 56.7 Å². The summed E-state index contributed by atoms with van der Waals surface area (Å²) in [5.41, 5.74) is 0.179. The first-order valence-electron chi connectivity index (χ1n) is 13.8. The van der Waals surface area contributed by atoms with Crippen molar-refractivity contribution in [1.82, 2.24) is 0 Å². The molecule has 0 radical (unpaired) electrons. The second-order valence-electron chi connectivity index (χ2n) is 10.2. The molecule has 6 N–H and O–H groups in total. The number of rotatable bonds is 9. The van der Waals surface area contributed by atoms with E-state index in [4.69, 9.17) is 28.1 Å². The molecular weight excluding hydrogens is 608 g/mol. The largest absolute Gasteiger partial charge is 0.508 e. The molecule has 0 saturated carbocycles. The van der Waals surface area contributed by atoms with Gasteiger partial charge >= 0.3 is 5.97 Å². The van der Waals surface area contributed by atoms with Crippen molar-refractivity contribution in [2.45, 2.75) is 30.7 Å². The Morgan fingerprint density at radius 3 is 2.33 bits per heavy atom. The zero-order chi connectivity index (χ0) is 33.1. The van der Waals surface area contributed by atoms with Gasteiger partial charge in [-0.25, -0.2) is 4.79 Å². The third-order valence-electron chi connectivity index (χ3n) is 7.19. The average Bonchev–Trinajstić information content (AvgIpc) is 3.04. The summed E-state index contributed by atoms with van der Waals surface area (Å²) in [5, 5.41) is 61.6. The molecule has 1 aliphatic heterocycles. The lowest BCUT2D eigenvalue weighted by atomic mass is 9.99. The molecular formula is C32H30O14. The van der Waals surface area contributed by atoms with E-state index in [1.807, 2.05) is 0 Å². The topological polar surface area (TPSA) is 215 Å². The molecule has 1 saturated heterocycles. The highest BCUT2D eigenvalue weighted by atomic mass is 16.7. The van der Waals surface area contributed by atoms with Gasteiger partial charge in [-0.15, -0.1) is 0 Å². The van der Waals surface area contributed by atoms with Crippen molar-refractivity contribution in [3.8, 4) is 45.8 Å². The van der Waals surface area contributed by atoms with Crippen molar-refractivity contribution in [3.63, 3.8) is 0 Å². The number of fused-ring (bicyclic) bond motifs is 1. The number of aliphatic hydroxyl groups is 3. The molecule has 0 amide bonds. The molecule has 0 bridgehead atoms. The normalized spacial score (nSPS) is 21.3. The van der Waals surface area contributed by atoms with Gasteiger partial charge in [0.1, 0.15) is 53.5 Å². The quantitative estimate of drug-likeness (QED) is 0.114. The zero-order valence-electron chi connectivity index (χ0n) is 24.4. The van der Waals surface area contributed by atoms with Crippen LogP contribution in [0.15, 0.2) is 69.9 Å². The van der Waals surface area contributed by atoms with Crippen LogP contribution in [0.3, 0.4) is 0 Å². The molecule has 3 aromatic carbocycles. The van der Waals surface area contributed by atoms with Crippen LogP contribution in [-0.2, 0) is 14.3 Å². The van der Waals surface area contributed by atoms with Crippen LogP contribution in [0.25, 0.3) is 28.4 Å². The Morgan fingerprint density at radius 2 is 1.63 bits per heavy atom. The van der Waals surface area contributed by atoms with Crippen LogP contribution in [0, 0.1) is 0 Å². The number of phenols is 3. The lowest BCUT2D eigenvalue weighted by molar-refractivity contribution is -0.278. The van der Waals surface area contributed by atoms with E-state index in [0.717, 1.165) is 12.1 Å². The predicted octanol–water partition coefficient (Wildman–Crippen LogP) is 2.04. The number of aliphatic hydroxyl groups excluding tert-OH is 3. The third-order valence-corrected chi connectivity index (χ3v) is 7.19. The molecule has 14 nitrogen and oxygen atoms in total. The highest BCUT2D eigenvalue weighted by molar-refractivity contribution is 5.90. The first-order chi connectivity index (χ1) is 22.0. The van der Waals surface area contributed by atoms with Crippen LogP contribution in [0.2, 0.25) is 0 Å². The van der Waals surface area contributed by atoms with Crippen molar-refractivity contribution in [1.29, 1.82) is 0 Å². The van der Waals surface area contributed by atoms with E-state index in [9.17, 15) is 40.2 Å². The number of esters is 1. The summed E-state index contributed by atoms with van der Waals surface area (Å²) < 4.78 is 32.8. The molecule has 5 rings (SSSR count). The maximum Gasteiger partial charge on any atom is 0.330 e. The van der Waals surface area contributed by atoms with Gasteiger partial charge in [-0.05, 0) is 42.0 Å². The van der Waals surface area contributed by atoms with Gasteiger partial charge in [-0.3, -0.25) is 4.79 Å². The van der Waals surface area contributed by atoms with Crippen LogP contribution in [0.1, 0.15) is 5.56 Å². The number of carbonyl (C=O) groups excluding carboxylic acids is 1. The summed E-state index contributed by atoms with van der Waals surface area (Å²) in [5.74, 6) is -1.93. The van der Waals surface area contributed by atoms with Gasteiger partial charge in [0.25, 0.3) is 0 Å². The minimum atomic E-state index is -1.82. The molecule has 1 aliphatic rings. The number of aromatic hydroxyl groups is 3. The van der Waals surface area contributed by atoms with E-state index in [0.29, 0.717) is 11.1 Å². The summed E-state index contributed by atoms with van der Waals surface area (Å²) in [6.45, 7) is -0.544. The molecule has 1 aromatic heterocycles. The van der Waals surface area contributed by atoms with Gasteiger partial charge in [0.15, 0.2) is 28.4 Å². The summed E-state index contributed by atoms with van der Waals surface area (Å²) in [7, 11) is 2.55. The predicted molar refractivity (Wildman–Crippen MR) is 160 cm³/mol. The van der Waals surface area contributed by atoms with Gasteiger partial charge in [0, 0.05) is 23.8 Å². The second-order valence-corrected chi connectivity index (χ2v) is 10.2.